The van der Waals surface area contributed by atoms with Crippen molar-refractivity contribution in [2.45, 2.75) is 0 Å². The molecule has 0 saturated carbocycles. The lowest BCUT2D eigenvalue weighted by Gasteiger charge is -2.06. The number of hydrogen-bond donors (Lipinski definition) is 2. The maximum Gasteiger partial charge on any atom is 0.149 e. The van der Waals surface area contributed by atoms with Crippen molar-refractivity contribution in [3.8, 4) is 0 Å². The maximum absolute atomic E-state index is 5.89. The SMILES string of the molecule is Nc1cnc(Nc2ccc(Cl)c(Br)c2)cn1. The van der Waals surface area contributed by atoms with E-state index in [2.05, 4.69) is 31.2 Å². The Morgan fingerprint density at radius 2 is 2.06 bits per heavy atom. The van der Waals surface area contributed by atoms with Crippen molar-refractivity contribution >= 4 is 44.9 Å². The van der Waals surface area contributed by atoms with Crippen molar-refractivity contribution in [2.24, 2.45) is 0 Å². The zero-order valence-electron chi connectivity index (χ0n) is 8.11. The molecule has 0 aliphatic carbocycles. The quantitative estimate of drug-likeness (QED) is 0.893. The van der Waals surface area contributed by atoms with Crippen LogP contribution in [0.25, 0.3) is 0 Å². The fourth-order valence-corrected chi connectivity index (χ4v) is 1.62. The van der Waals surface area contributed by atoms with Gasteiger partial charge in [-0.2, -0.15) is 0 Å². The van der Waals surface area contributed by atoms with Gasteiger partial charge in [0, 0.05) is 10.2 Å². The molecular weight excluding hydrogens is 291 g/mol. The third kappa shape index (κ3) is 2.62. The smallest absolute Gasteiger partial charge is 0.149 e. The normalized spacial score (nSPS) is 10.1. The summed E-state index contributed by atoms with van der Waals surface area (Å²) in [5, 5.41) is 3.74. The third-order valence-corrected chi connectivity index (χ3v) is 3.08. The van der Waals surface area contributed by atoms with Gasteiger partial charge in [-0.1, -0.05) is 11.6 Å². The number of nitrogens with two attached hydrogens (primary N) is 1. The number of nitrogen functional groups attached to an aromatic ring is 1. The highest BCUT2D eigenvalue weighted by molar-refractivity contribution is 9.10. The standard InChI is InChI=1S/C10H8BrClN4/c11-7-3-6(1-2-8(7)12)16-10-5-14-9(13)4-15-10/h1-5H,(H2,13,14)(H,15,16). The molecule has 0 unspecified atom stereocenters. The molecular formula is C10H8BrClN4. The Hall–Kier alpha value is -1.33. The Morgan fingerprint density at radius 1 is 1.25 bits per heavy atom. The predicted molar refractivity (Wildman–Crippen MR) is 68.9 cm³/mol. The largest absolute Gasteiger partial charge is 0.382 e. The summed E-state index contributed by atoms with van der Waals surface area (Å²) in [5.74, 6) is 1.02. The number of nitrogens with one attached hydrogen (secondary N) is 1. The van der Waals surface area contributed by atoms with E-state index in [0.717, 1.165) is 10.2 Å². The number of benzene rings is 1. The van der Waals surface area contributed by atoms with Crippen LogP contribution < -0.4 is 11.1 Å². The van der Waals surface area contributed by atoms with Crippen LogP contribution in [0.3, 0.4) is 0 Å². The second-order valence-corrected chi connectivity index (χ2v) is 4.34. The summed E-state index contributed by atoms with van der Waals surface area (Å²) in [7, 11) is 0. The first-order valence-corrected chi connectivity index (χ1v) is 5.62. The van der Waals surface area contributed by atoms with Crippen LogP contribution in [-0.2, 0) is 0 Å². The number of rotatable bonds is 2. The van der Waals surface area contributed by atoms with E-state index in [0.29, 0.717) is 16.7 Å². The fourth-order valence-electron chi connectivity index (χ4n) is 1.12. The highest BCUT2D eigenvalue weighted by Gasteiger charge is 2.00. The van der Waals surface area contributed by atoms with E-state index >= 15 is 0 Å². The summed E-state index contributed by atoms with van der Waals surface area (Å²) in [6, 6.07) is 5.50. The number of anilines is 3. The van der Waals surface area contributed by atoms with Gasteiger partial charge >= 0.3 is 0 Å². The molecule has 0 fully saturated rings. The van der Waals surface area contributed by atoms with Gasteiger partial charge in [0.2, 0.25) is 0 Å². The summed E-state index contributed by atoms with van der Waals surface area (Å²) in [5.41, 5.74) is 6.31. The fraction of sp³-hybridized carbons (Fsp3) is 0. The van der Waals surface area contributed by atoms with E-state index < -0.39 is 0 Å². The Labute approximate surface area is 106 Å². The van der Waals surface area contributed by atoms with Crippen LogP contribution in [0.5, 0.6) is 0 Å². The van der Waals surface area contributed by atoms with Gasteiger partial charge in [0.05, 0.1) is 17.4 Å². The molecule has 1 aromatic heterocycles. The van der Waals surface area contributed by atoms with Gasteiger partial charge in [0.1, 0.15) is 11.6 Å². The molecule has 0 aliphatic heterocycles. The minimum absolute atomic E-state index is 0.392. The molecule has 0 spiro atoms. The Kier molecular flexibility index (Phi) is 3.26. The van der Waals surface area contributed by atoms with Crippen molar-refractivity contribution in [2.75, 3.05) is 11.1 Å². The maximum atomic E-state index is 5.89. The minimum Gasteiger partial charge on any atom is -0.382 e. The second-order valence-electron chi connectivity index (χ2n) is 3.08. The molecule has 16 heavy (non-hydrogen) atoms. The van der Waals surface area contributed by atoms with Crippen LogP contribution >= 0.6 is 27.5 Å². The van der Waals surface area contributed by atoms with Crippen LogP contribution in [0, 0.1) is 0 Å². The number of nitrogens with zero attached hydrogens (tertiary/aromatic N) is 2. The van der Waals surface area contributed by atoms with Crippen molar-refractivity contribution in [1.82, 2.24) is 9.97 Å². The van der Waals surface area contributed by atoms with Crippen LogP contribution in [0.15, 0.2) is 35.1 Å². The highest BCUT2D eigenvalue weighted by Crippen LogP contribution is 2.26. The summed E-state index contributed by atoms with van der Waals surface area (Å²) in [4.78, 5) is 8.01. The van der Waals surface area contributed by atoms with Crippen LogP contribution in [0.4, 0.5) is 17.3 Å². The lowest BCUT2D eigenvalue weighted by Crippen LogP contribution is -1.97. The summed E-state index contributed by atoms with van der Waals surface area (Å²) >= 11 is 9.23. The van der Waals surface area contributed by atoms with Crippen molar-refractivity contribution in [3.63, 3.8) is 0 Å². The first kappa shape index (κ1) is 11.2. The lowest BCUT2D eigenvalue weighted by molar-refractivity contribution is 1.21. The molecule has 4 nitrogen and oxygen atoms in total. The number of hydrogen-bond acceptors (Lipinski definition) is 4. The zero-order chi connectivity index (χ0) is 11.5. The lowest BCUT2D eigenvalue weighted by atomic mass is 10.3. The van der Waals surface area contributed by atoms with E-state index in [1.807, 2.05) is 12.1 Å². The molecule has 3 N–H and O–H groups in total. The Balaban J connectivity index is 2.20. The van der Waals surface area contributed by atoms with Gasteiger partial charge in [0.25, 0.3) is 0 Å². The topological polar surface area (TPSA) is 63.8 Å². The van der Waals surface area contributed by atoms with Gasteiger partial charge in [-0.05, 0) is 34.1 Å². The minimum atomic E-state index is 0.392. The first-order chi connectivity index (χ1) is 7.65. The van der Waals surface area contributed by atoms with Crippen molar-refractivity contribution < 1.29 is 0 Å². The summed E-state index contributed by atoms with van der Waals surface area (Å²) in [6.07, 6.45) is 3.06. The monoisotopic (exact) mass is 298 g/mol. The molecule has 0 radical (unpaired) electrons. The highest BCUT2D eigenvalue weighted by atomic mass is 79.9. The van der Waals surface area contributed by atoms with Gasteiger partial charge in [-0.25, -0.2) is 9.97 Å². The van der Waals surface area contributed by atoms with Gasteiger partial charge in [-0.15, -0.1) is 0 Å². The van der Waals surface area contributed by atoms with Gasteiger partial charge in [0.15, 0.2) is 0 Å². The molecule has 0 bridgehead atoms. The van der Waals surface area contributed by atoms with E-state index in [1.165, 1.54) is 6.20 Å². The Morgan fingerprint density at radius 3 is 2.69 bits per heavy atom. The number of aromatic nitrogens is 2. The van der Waals surface area contributed by atoms with Crippen molar-refractivity contribution in [1.29, 1.82) is 0 Å². The van der Waals surface area contributed by atoms with Crippen molar-refractivity contribution in [3.05, 3.63) is 40.1 Å². The van der Waals surface area contributed by atoms with Crippen LogP contribution in [-0.4, -0.2) is 9.97 Å². The molecule has 1 aromatic carbocycles. The van der Waals surface area contributed by atoms with Crippen LogP contribution in [0.1, 0.15) is 0 Å². The number of halogens is 2. The average molecular weight is 300 g/mol. The second kappa shape index (κ2) is 4.67. The summed E-state index contributed by atoms with van der Waals surface area (Å²) < 4.78 is 0.822. The van der Waals surface area contributed by atoms with E-state index in [9.17, 15) is 0 Å². The van der Waals surface area contributed by atoms with E-state index in [1.54, 1.807) is 12.3 Å². The molecule has 1 heterocycles. The average Bonchev–Trinajstić information content (AvgIpc) is 2.27. The molecule has 0 saturated heterocycles. The molecule has 0 atom stereocenters. The van der Waals surface area contributed by atoms with Crippen LogP contribution in [0.2, 0.25) is 5.02 Å². The zero-order valence-corrected chi connectivity index (χ0v) is 10.5. The Bertz CT molecular complexity index is 501. The predicted octanol–water partition coefficient (Wildman–Crippen LogP) is 3.22. The molecule has 6 heteroatoms. The molecule has 82 valence electrons. The van der Waals surface area contributed by atoms with Gasteiger partial charge < -0.3 is 11.1 Å². The van der Waals surface area contributed by atoms with Gasteiger partial charge in [-0.3, -0.25) is 0 Å². The van der Waals surface area contributed by atoms with E-state index in [4.69, 9.17) is 17.3 Å². The van der Waals surface area contributed by atoms with E-state index in [-0.39, 0.29) is 0 Å². The molecule has 2 aromatic rings. The first-order valence-electron chi connectivity index (χ1n) is 4.45. The molecule has 0 aliphatic rings. The summed E-state index contributed by atoms with van der Waals surface area (Å²) in [6.45, 7) is 0. The molecule has 0 amide bonds. The third-order valence-electron chi connectivity index (χ3n) is 1.86. The molecule has 2 rings (SSSR count).